The highest BCUT2D eigenvalue weighted by molar-refractivity contribution is 7.82. The minimum atomic E-state index is -0.987. The Morgan fingerprint density at radius 2 is 1.79 bits per heavy atom. The highest BCUT2D eigenvalue weighted by Crippen LogP contribution is 2.21. The van der Waals surface area contributed by atoms with Crippen molar-refractivity contribution in [2.75, 3.05) is 12.8 Å². The monoisotopic (exact) mass is 339 g/mol. The highest BCUT2D eigenvalue weighted by atomic mass is 32.2. The van der Waals surface area contributed by atoms with Gasteiger partial charge < -0.3 is 0 Å². The number of hydrogen-bond donors (Lipinski definition) is 1. The third-order valence-corrected chi connectivity index (χ3v) is 4.34. The molecule has 0 aliphatic rings. The van der Waals surface area contributed by atoms with Gasteiger partial charge in [0, 0.05) is 12.8 Å². The number of nitrogens with one attached hydrogen (secondary N) is 1. The largest absolute Gasteiger partial charge is 0.243 e. The van der Waals surface area contributed by atoms with Crippen LogP contribution >= 0.6 is 0 Å². The molecule has 0 aliphatic heterocycles. The normalized spacial score (nSPS) is 14.2. The molecule has 0 radical (unpaired) electrons. The lowest BCUT2D eigenvalue weighted by atomic mass is 9.95. The summed E-state index contributed by atoms with van der Waals surface area (Å²) in [6.45, 7) is 2.70. The van der Waals surface area contributed by atoms with Gasteiger partial charge in [-0.1, -0.05) is 78.9 Å². The second kappa shape index (κ2) is 10.0. The van der Waals surface area contributed by atoms with Crippen molar-refractivity contribution in [3.8, 4) is 11.1 Å². The number of hydrogen-bond acceptors (Lipinski definition) is 1. The zero-order chi connectivity index (χ0) is 17.2. The summed E-state index contributed by atoms with van der Waals surface area (Å²) in [5, 5.41) is 0. The van der Waals surface area contributed by atoms with E-state index in [0.717, 1.165) is 6.42 Å². The van der Waals surface area contributed by atoms with Crippen LogP contribution < -0.4 is 4.72 Å². The lowest BCUT2D eigenvalue weighted by Crippen LogP contribution is -2.24. The van der Waals surface area contributed by atoms with E-state index in [1.807, 2.05) is 25.1 Å². The summed E-state index contributed by atoms with van der Waals surface area (Å²) in [5.74, 6) is 0.302. The Morgan fingerprint density at radius 3 is 2.50 bits per heavy atom. The summed E-state index contributed by atoms with van der Waals surface area (Å²) in [6, 6.07) is 19.1. The standard InChI is InChI=1S/C21H25NOS/c1-3-4-6-10-19(17-22-24(2)23)15-18-11-9-14-21(16-18)20-12-7-5-8-13-20/h3-14,16,19,22H,15,17H2,1-2H3/b4-3-,10-6-. The maximum absolute atomic E-state index is 11.3. The molecule has 2 aromatic rings. The molecule has 3 heteroatoms. The Bertz CT molecular complexity index is 707. The Labute approximate surface area is 147 Å². The van der Waals surface area contributed by atoms with Gasteiger partial charge in [0.1, 0.15) is 0 Å². The molecule has 0 fully saturated rings. The van der Waals surface area contributed by atoms with Gasteiger partial charge in [0.15, 0.2) is 0 Å². The van der Waals surface area contributed by atoms with Crippen molar-refractivity contribution in [1.82, 2.24) is 4.72 Å². The minimum Gasteiger partial charge on any atom is -0.243 e. The zero-order valence-electron chi connectivity index (χ0n) is 14.3. The predicted molar refractivity (Wildman–Crippen MR) is 105 cm³/mol. The molecule has 0 amide bonds. The second-order valence-corrected chi connectivity index (χ2v) is 6.94. The topological polar surface area (TPSA) is 29.1 Å². The van der Waals surface area contributed by atoms with Crippen LogP contribution in [0.4, 0.5) is 0 Å². The minimum absolute atomic E-state index is 0.302. The van der Waals surface area contributed by atoms with Gasteiger partial charge in [0.05, 0.1) is 11.0 Å². The summed E-state index contributed by atoms with van der Waals surface area (Å²) in [7, 11) is -0.987. The molecular weight excluding hydrogens is 314 g/mol. The van der Waals surface area contributed by atoms with Crippen molar-refractivity contribution in [2.24, 2.45) is 5.92 Å². The van der Waals surface area contributed by atoms with Crippen LogP contribution in [0, 0.1) is 5.92 Å². The van der Waals surface area contributed by atoms with Crippen LogP contribution in [0.25, 0.3) is 11.1 Å². The van der Waals surface area contributed by atoms with Crippen LogP contribution in [0.1, 0.15) is 12.5 Å². The molecule has 2 aromatic carbocycles. The fourth-order valence-corrected chi connectivity index (χ4v) is 3.03. The van der Waals surface area contributed by atoms with Crippen molar-refractivity contribution in [2.45, 2.75) is 13.3 Å². The van der Waals surface area contributed by atoms with Crippen LogP contribution in [0.2, 0.25) is 0 Å². The molecule has 2 atom stereocenters. The molecule has 0 heterocycles. The quantitative estimate of drug-likeness (QED) is 0.704. The van der Waals surface area contributed by atoms with Crippen LogP contribution in [0.5, 0.6) is 0 Å². The fraction of sp³-hybridized carbons (Fsp3) is 0.238. The first kappa shape index (κ1) is 18.4. The summed E-state index contributed by atoms with van der Waals surface area (Å²) >= 11 is 0. The third kappa shape index (κ3) is 6.26. The van der Waals surface area contributed by atoms with Crippen molar-refractivity contribution >= 4 is 11.0 Å². The van der Waals surface area contributed by atoms with E-state index in [1.54, 1.807) is 6.26 Å². The van der Waals surface area contributed by atoms with Gasteiger partial charge >= 0.3 is 0 Å². The molecule has 0 saturated heterocycles. The van der Waals surface area contributed by atoms with Gasteiger partial charge in [-0.2, -0.15) is 0 Å². The average molecular weight is 340 g/mol. The lowest BCUT2D eigenvalue weighted by molar-refractivity contribution is 0.618. The number of rotatable bonds is 8. The predicted octanol–water partition coefficient (Wildman–Crippen LogP) is 4.53. The second-order valence-electron chi connectivity index (χ2n) is 5.74. The van der Waals surface area contributed by atoms with Gasteiger partial charge in [0.2, 0.25) is 0 Å². The van der Waals surface area contributed by atoms with E-state index in [4.69, 9.17) is 0 Å². The third-order valence-electron chi connectivity index (χ3n) is 3.77. The van der Waals surface area contributed by atoms with Gasteiger partial charge in [-0.15, -0.1) is 0 Å². The maximum Gasteiger partial charge on any atom is 0.0883 e. The summed E-state index contributed by atoms with van der Waals surface area (Å²) in [4.78, 5) is 0. The fourth-order valence-electron chi connectivity index (χ4n) is 2.58. The molecule has 0 bridgehead atoms. The molecule has 0 aliphatic carbocycles. The SMILES string of the molecule is C/C=C\C=C/C(CNS(C)=O)Cc1cccc(-c2ccccc2)c1. The van der Waals surface area contributed by atoms with Gasteiger partial charge in [-0.3, -0.25) is 0 Å². The molecular formula is C21H25NOS. The molecule has 2 rings (SSSR count). The van der Waals surface area contributed by atoms with Gasteiger partial charge in [0.25, 0.3) is 0 Å². The molecule has 1 N–H and O–H groups in total. The maximum atomic E-state index is 11.3. The molecule has 2 nitrogen and oxygen atoms in total. The van der Waals surface area contributed by atoms with E-state index in [1.165, 1.54) is 16.7 Å². The first-order valence-corrected chi connectivity index (χ1v) is 9.75. The molecule has 126 valence electrons. The van der Waals surface area contributed by atoms with Crippen LogP contribution in [0.3, 0.4) is 0 Å². The van der Waals surface area contributed by atoms with Crippen molar-refractivity contribution < 1.29 is 4.21 Å². The Morgan fingerprint density at radius 1 is 1.04 bits per heavy atom. The number of benzene rings is 2. The van der Waals surface area contributed by atoms with Crippen molar-refractivity contribution in [1.29, 1.82) is 0 Å². The Hall–Kier alpha value is -1.97. The van der Waals surface area contributed by atoms with E-state index < -0.39 is 11.0 Å². The molecule has 2 unspecified atom stereocenters. The average Bonchev–Trinajstić information content (AvgIpc) is 2.60. The van der Waals surface area contributed by atoms with E-state index in [2.05, 4.69) is 65.4 Å². The van der Waals surface area contributed by atoms with E-state index in [0.29, 0.717) is 12.5 Å². The Kier molecular flexibility index (Phi) is 7.66. The van der Waals surface area contributed by atoms with Gasteiger partial charge in [-0.25, -0.2) is 8.93 Å². The van der Waals surface area contributed by atoms with Crippen LogP contribution in [-0.2, 0) is 17.4 Å². The lowest BCUT2D eigenvalue weighted by Gasteiger charge is -2.14. The van der Waals surface area contributed by atoms with Crippen LogP contribution in [0.15, 0.2) is 78.9 Å². The zero-order valence-corrected chi connectivity index (χ0v) is 15.1. The molecule has 0 saturated carbocycles. The van der Waals surface area contributed by atoms with E-state index in [9.17, 15) is 4.21 Å². The summed E-state index contributed by atoms with van der Waals surface area (Å²) < 4.78 is 14.4. The summed E-state index contributed by atoms with van der Waals surface area (Å²) in [5.41, 5.74) is 3.75. The van der Waals surface area contributed by atoms with Crippen LogP contribution in [-0.4, -0.2) is 17.0 Å². The Balaban J connectivity index is 2.14. The molecule has 24 heavy (non-hydrogen) atoms. The highest BCUT2D eigenvalue weighted by Gasteiger charge is 2.08. The summed E-state index contributed by atoms with van der Waals surface area (Å²) in [6.07, 6.45) is 10.9. The van der Waals surface area contributed by atoms with Crippen molar-refractivity contribution in [3.63, 3.8) is 0 Å². The van der Waals surface area contributed by atoms with Crippen molar-refractivity contribution in [3.05, 3.63) is 84.5 Å². The first-order valence-electron chi connectivity index (χ1n) is 8.20. The first-order chi connectivity index (χ1) is 11.7. The smallest absolute Gasteiger partial charge is 0.0883 e. The van der Waals surface area contributed by atoms with E-state index >= 15 is 0 Å². The van der Waals surface area contributed by atoms with E-state index in [-0.39, 0.29) is 0 Å². The molecule has 0 aromatic heterocycles. The molecule has 0 spiro atoms. The van der Waals surface area contributed by atoms with Gasteiger partial charge in [-0.05, 0) is 36.0 Å². The number of allylic oxidation sites excluding steroid dienone is 3.